The van der Waals surface area contributed by atoms with Gasteiger partial charge >= 0.3 is 0 Å². The predicted molar refractivity (Wildman–Crippen MR) is 133 cm³/mol. The number of nitrogens with two attached hydrogens (primary N) is 1. The van der Waals surface area contributed by atoms with E-state index < -0.39 is 6.67 Å². The number of amidine groups is 1. The van der Waals surface area contributed by atoms with Gasteiger partial charge in [-0.3, -0.25) is 4.99 Å². The fourth-order valence-corrected chi connectivity index (χ4v) is 2.10. The minimum Gasteiger partial charge on any atom is -0.386 e. The predicted octanol–water partition coefficient (Wildman–Crippen LogP) is 5.35. The number of halogens is 1. The molecular formula is C23H40FN7. The molecule has 0 saturated heterocycles. The zero-order valence-corrected chi connectivity index (χ0v) is 20.2. The van der Waals surface area contributed by atoms with Crippen LogP contribution in [0.25, 0.3) is 0 Å². The molecule has 0 aromatic carbocycles. The Morgan fingerprint density at radius 2 is 2.00 bits per heavy atom. The Kier molecular flexibility index (Phi) is 21.1. The number of hydrazone groups is 1. The first-order chi connectivity index (χ1) is 15.1. The first-order valence-electron chi connectivity index (χ1n) is 10.7. The molecule has 0 spiro atoms. The summed E-state index contributed by atoms with van der Waals surface area (Å²) in [6, 6.07) is 0. The minimum absolute atomic E-state index is 0.478. The van der Waals surface area contributed by atoms with E-state index in [1.165, 1.54) is 6.21 Å². The molecule has 174 valence electrons. The normalized spacial score (nSPS) is 13.7. The summed E-state index contributed by atoms with van der Waals surface area (Å²) in [4.78, 5) is 12.1. The monoisotopic (exact) mass is 433 g/mol. The molecule has 1 aliphatic heterocycles. The number of aliphatic imine (C=N–C) groups is 2. The summed E-state index contributed by atoms with van der Waals surface area (Å²) in [6.45, 7) is 14.6. The molecule has 0 unspecified atom stereocenters. The summed E-state index contributed by atoms with van der Waals surface area (Å²) in [6.07, 6.45) is 16.9. The number of aromatic nitrogens is 2. The first-order valence-corrected chi connectivity index (χ1v) is 10.7. The molecule has 1 aromatic rings. The number of nitrogens with zero attached hydrogens (tertiary/aromatic N) is 6. The molecule has 8 heteroatoms. The number of hydrogen-bond donors (Lipinski definition) is 1. The molecular weight excluding hydrogens is 393 g/mol. The van der Waals surface area contributed by atoms with Crippen molar-refractivity contribution in [2.24, 2.45) is 20.8 Å². The lowest BCUT2D eigenvalue weighted by Gasteiger charge is -2.21. The molecule has 31 heavy (non-hydrogen) atoms. The molecule has 1 aliphatic rings. The van der Waals surface area contributed by atoms with E-state index in [4.69, 9.17) is 5.73 Å². The van der Waals surface area contributed by atoms with Crippen molar-refractivity contribution in [3.63, 3.8) is 0 Å². The standard InChI is InChI=1S/C13H18N6.C6H10FN.2C2H6/c1-3-4-12-7-19(17-11(2)14)10-16-13(12)8-18-6-5-15-9-18;1-2-3-5-8-6-4-7;2*1-2/h3-6,9-10H,7-8H2,1-2H3,(H2,14,17);3,5-6H,2,4H2,1H3;2*1-2H3/b4-3+;5-3-,8-6?;;. The van der Waals surface area contributed by atoms with Gasteiger partial charge in [0.05, 0.1) is 25.1 Å². The van der Waals surface area contributed by atoms with Crippen LogP contribution in [0.1, 0.15) is 54.9 Å². The van der Waals surface area contributed by atoms with Crippen LogP contribution in [0.4, 0.5) is 4.39 Å². The van der Waals surface area contributed by atoms with Crippen molar-refractivity contribution in [3.8, 4) is 0 Å². The highest BCUT2D eigenvalue weighted by molar-refractivity contribution is 5.78. The van der Waals surface area contributed by atoms with Gasteiger partial charge in [0.2, 0.25) is 0 Å². The van der Waals surface area contributed by atoms with Crippen LogP contribution in [0.15, 0.2) is 69.5 Å². The Labute approximate surface area is 187 Å². The van der Waals surface area contributed by atoms with Crippen molar-refractivity contribution in [1.82, 2.24) is 14.6 Å². The first kappa shape index (κ1) is 30.2. The molecule has 0 amide bonds. The van der Waals surface area contributed by atoms with Crippen LogP contribution in [-0.4, -0.2) is 46.2 Å². The summed E-state index contributed by atoms with van der Waals surface area (Å²) in [5, 5.41) is 5.93. The van der Waals surface area contributed by atoms with Crippen LogP contribution in [0.3, 0.4) is 0 Å². The van der Waals surface area contributed by atoms with Crippen molar-refractivity contribution in [2.45, 2.75) is 61.4 Å². The second kappa shape index (κ2) is 21.7. The smallest absolute Gasteiger partial charge is 0.125 e. The molecule has 2 heterocycles. The van der Waals surface area contributed by atoms with Crippen molar-refractivity contribution in [3.05, 3.63) is 54.4 Å². The lowest BCUT2D eigenvalue weighted by atomic mass is 10.1. The van der Waals surface area contributed by atoms with Gasteiger partial charge in [0.1, 0.15) is 18.8 Å². The Balaban J connectivity index is 0. The average Bonchev–Trinajstić information content (AvgIpc) is 3.29. The maximum absolute atomic E-state index is 11.2. The molecule has 0 radical (unpaired) electrons. The molecule has 0 bridgehead atoms. The van der Waals surface area contributed by atoms with Gasteiger partial charge in [0.15, 0.2) is 0 Å². The maximum Gasteiger partial charge on any atom is 0.125 e. The zero-order chi connectivity index (χ0) is 23.9. The highest BCUT2D eigenvalue weighted by Gasteiger charge is 2.13. The summed E-state index contributed by atoms with van der Waals surface area (Å²) in [5.74, 6) is 0.518. The van der Waals surface area contributed by atoms with E-state index in [0.717, 1.165) is 17.7 Å². The highest BCUT2D eigenvalue weighted by Crippen LogP contribution is 2.16. The van der Waals surface area contributed by atoms with Crippen LogP contribution in [0.2, 0.25) is 0 Å². The Morgan fingerprint density at radius 3 is 2.52 bits per heavy atom. The fourth-order valence-electron chi connectivity index (χ4n) is 2.10. The van der Waals surface area contributed by atoms with E-state index >= 15 is 0 Å². The van der Waals surface area contributed by atoms with Crippen molar-refractivity contribution >= 4 is 18.4 Å². The fraction of sp³-hybridized carbons (Fsp3) is 0.478. The molecule has 0 saturated carbocycles. The van der Waals surface area contributed by atoms with Crippen molar-refractivity contribution in [1.29, 1.82) is 0 Å². The van der Waals surface area contributed by atoms with Gasteiger partial charge in [0, 0.05) is 24.8 Å². The van der Waals surface area contributed by atoms with E-state index in [-0.39, 0.29) is 0 Å². The van der Waals surface area contributed by atoms with Gasteiger partial charge in [-0.25, -0.2) is 19.4 Å². The third-order valence-corrected chi connectivity index (χ3v) is 3.20. The quantitative estimate of drug-likeness (QED) is 0.464. The topological polar surface area (TPSA) is 84.2 Å². The van der Waals surface area contributed by atoms with Crippen LogP contribution in [-0.2, 0) is 6.54 Å². The van der Waals surface area contributed by atoms with Crippen LogP contribution >= 0.6 is 0 Å². The van der Waals surface area contributed by atoms with Gasteiger partial charge in [-0.2, -0.15) is 5.10 Å². The van der Waals surface area contributed by atoms with Crippen LogP contribution in [0.5, 0.6) is 0 Å². The van der Waals surface area contributed by atoms with Crippen LogP contribution < -0.4 is 5.73 Å². The van der Waals surface area contributed by atoms with E-state index in [1.54, 1.807) is 37.0 Å². The second-order valence-corrected chi connectivity index (χ2v) is 5.57. The van der Waals surface area contributed by atoms with Crippen molar-refractivity contribution < 1.29 is 4.39 Å². The molecule has 2 N–H and O–H groups in total. The van der Waals surface area contributed by atoms with Gasteiger partial charge in [-0.05, 0) is 25.8 Å². The molecule has 0 fully saturated rings. The molecule has 1 aromatic heterocycles. The summed E-state index contributed by atoms with van der Waals surface area (Å²) >= 11 is 0. The Bertz CT molecular complexity index is 698. The van der Waals surface area contributed by atoms with Gasteiger partial charge in [-0.15, -0.1) is 0 Å². The molecule has 0 aliphatic carbocycles. The number of imidazole rings is 1. The highest BCUT2D eigenvalue weighted by atomic mass is 19.1. The SMILES string of the molecule is C/C=C/C1=C(Cn2ccnc2)N=CN(/N=C(/C)N)C1.CC.CC.CC/C=C\N=CCF. The van der Waals surface area contributed by atoms with E-state index in [0.29, 0.717) is 18.9 Å². The molecule has 2 rings (SSSR count). The number of rotatable bonds is 7. The van der Waals surface area contributed by atoms with E-state index in [9.17, 15) is 4.39 Å². The summed E-state index contributed by atoms with van der Waals surface area (Å²) in [7, 11) is 0. The van der Waals surface area contributed by atoms with Gasteiger partial charge in [0.25, 0.3) is 0 Å². The third kappa shape index (κ3) is 15.5. The number of alkyl halides is 1. The van der Waals surface area contributed by atoms with E-state index in [2.05, 4.69) is 26.1 Å². The van der Waals surface area contributed by atoms with Crippen molar-refractivity contribution in [2.75, 3.05) is 13.2 Å². The lowest BCUT2D eigenvalue weighted by molar-refractivity contribution is 0.486. The number of hydrogen-bond acceptors (Lipinski definition) is 5. The Morgan fingerprint density at radius 1 is 1.29 bits per heavy atom. The third-order valence-electron chi connectivity index (χ3n) is 3.20. The summed E-state index contributed by atoms with van der Waals surface area (Å²) < 4.78 is 13.2. The average molecular weight is 434 g/mol. The van der Waals surface area contributed by atoms with E-state index in [1.807, 2.05) is 64.5 Å². The largest absolute Gasteiger partial charge is 0.386 e. The Hall–Kier alpha value is -3.03. The zero-order valence-electron chi connectivity index (χ0n) is 20.2. The maximum atomic E-state index is 11.2. The number of allylic oxidation sites excluding steroid dienone is 3. The van der Waals surface area contributed by atoms with Crippen LogP contribution in [0, 0.1) is 0 Å². The minimum atomic E-state index is -0.478. The van der Waals surface area contributed by atoms with Gasteiger partial charge in [-0.1, -0.05) is 52.8 Å². The lowest BCUT2D eigenvalue weighted by Crippen LogP contribution is -2.26. The van der Waals surface area contributed by atoms with Gasteiger partial charge < -0.3 is 10.3 Å². The second-order valence-electron chi connectivity index (χ2n) is 5.57. The molecule has 7 nitrogen and oxygen atoms in total. The molecule has 0 atom stereocenters. The summed E-state index contributed by atoms with van der Waals surface area (Å²) in [5.41, 5.74) is 7.73.